The van der Waals surface area contributed by atoms with Crippen LogP contribution < -0.4 is 10.5 Å². The number of aromatic amines is 1. The molecule has 0 amide bonds. The molecule has 2 aliphatic rings. The summed E-state index contributed by atoms with van der Waals surface area (Å²) in [6, 6.07) is 5.91. The van der Waals surface area contributed by atoms with Gasteiger partial charge in [0.1, 0.15) is 23.6 Å². The summed E-state index contributed by atoms with van der Waals surface area (Å²) >= 11 is 0. The quantitative estimate of drug-likeness (QED) is 0.352. The lowest BCUT2D eigenvalue weighted by atomic mass is 9.82. The van der Waals surface area contributed by atoms with E-state index in [1.54, 1.807) is 6.20 Å². The lowest BCUT2D eigenvalue weighted by Gasteiger charge is -2.53. The predicted octanol–water partition coefficient (Wildman–Crippen LogP) is 3.40. The number of ether oxygens (including phenoxy) is 1. The first-order valence-electron chi connectivity index (χ1n) is 13.0. The molecule has 0 aromatic carbocycles. The molecule has 0 bridgehead atoms. The van der Waals surface area contributed by atoms with E-state index in [4.69, 9.17) is 10.5 Å². The van der Waals surface area contributed by atoms with E-state index in [9.17, 15) is 18.4 Å². The minimum atomic E-state index is -4.67. The molecule has 5 heterocycles. The van der Waals surface area contributed by atoms with Crippen molar-refractivity contribution in [3.05, 3.63) is 48.6 Å². The van der Waals surface area contributed by atoms with Crippen LogP contribution in [-0.2, 0) is 18.3 Å². The van der Waals surface area contributed by atoms with Crippen LogP contribution in [-0.4, -0.2) is 64.8 Å². The van der Waals surface area contributed by atoms with Crippen molar-refractivity contribution in [3.8, 4) is 23.2 Å². The van der Waals surface area contributed by atoms with Crippen molar-refractivity contribution in [2.75, 3.05) is 13.1 Å². The maximum absolute atomic E-state index is 13.2. The van der Waals surface area contributed by atoms with Gasteiger partial charge in [-0.3, -0.25) is 9.58 Å². The highest BCUT2D eigenvalue weighted by atomic mass is 19.4. The molecule has 208 valence electrons. The fraction of sp³-hybridized carbons (Fsp3) is 0.462. The molecule has 6 rings (SSSR count). The molecule has 4 aromatic heterocycles. The molecule has 4 aromatic rings. The van der Waals surface area contributed by atoms with Crippen molar-refractivity contribution in [1.29, 1.82) is 5.26 Å². The van der Waals surface area contributed by atoms with Gasteiger partial charge in [0.25, 0.3) is 0 Å². The first-order chi connectivity index (χ1) is 19.3. The van der Waals surface area contributed by atoms with Gasteiger partial charge >= 0.3 is 6.18 Å². The van der Waals surface area contributed by atoms with Crippen molar-refractivity contribution in [2.24, 2.45) is 5.73 Å². The van der Waals surface area contributed by atoms with Gasteiger partial charge in [0, 0.05) is 55.1 Å². The van der Waals surface area contributed by atoms with Crippen molar-refractivity contribution in [2.45, 2.75) is 62.5 Å². The fourth-order valence-corrected chi connectivity index (χ4v) is 5.72. The van der Waals surface area contributed by atoms with Crippen LogP contribution in [0.1, 0.15) is 43.6 Å². The van der Waals surface area contributed by atoms with E-state index in [1.165, 1.54) is 12.4 Å². The number of alkyl halides is 3. The smallest absolute Gasteiger partial charge is 0.451 e. The molecular weight excluding hydrogens is 525 g/mol. The van der Waals surface area contributed by atoms with Gasteiger partial charge in [-0.1, -0.05) is 0 Å². The summed E-state index contributed by atoms with van der Waals surface area (Å²) in [5.41, 5.74) is 7.56. The Balaban J connectivity index is 1.09. The van der Waals surface area contributed by atoms with Gasteiger partial charge < -0.3 is 15.5 Å². The second kappa shape index (κ2) is 10.1. The number of halogens is 3. The number of aromatic nitrogens is 7. The van der Waals surface area contributed by atoms with Gasteiger partial charge in [-0.2, -0.15) is 28.5 Å². The summed E-state index contributed by atoms with van der Waals surface area (Å²) < 4.78 is 47.2. The van der Waals surface area contributed by atoms with E-state index in [0.29, 0.717) is 38.4 Å². The van der Waals surface area contributed by atoms with Crippen LogP contribution in [0.25, 0.3) is 22.3 Å². The first-order valence-corrected chi connectivity index (χ1v) is 13.0. The third-order valence-electron chi connectivity index (χ3n) is 7.76. The topological polar surface area (TPSA) is 147 Å². The largest absolute Gasteiger partial charge is 0.474 e. The number of rotatable bonds is 7. The van der Waals surface area contributed by atoms with Gasteiger partial charge in [0.15, 0.2) is 0 Å². The lowest BCUT2D eigenvalue weighted by molar-refractivity contribution is -0.145. The highest BCUT2D eigenvalue weighted by molar-refractivity contribution is 5.89. The molecule has 14 heteroatoms. The summed E-state index contributed by atoms with van der Waals surface area (Å²) in [4.78, 5) is 21.2. The molecule has 11 nitrogen and oxygen atoms in total. The van der Waals surface area contributed by atoms with Gasteiger partial charge in [-0.25, -0.2) is 15.0 Å². The molecule has 2 fully saturated rings. The molecule has 1 saturated heterocycles. The molecule has 1 saturated carbocycles. The number of nitriles is 1. The molecule has 0 radical (unpaired) electrons. The third-order valence-corrected chi connectivity index (χ3v) is 7.76. The Kier molecular flexibility index (Phi) is 6.63. The molecule has 40 heavy (non-hydrogen) atoms. The van der Waals surface area contributed by atoms with Crippen LogP contribution in [0.5, 0.6) is 5.88 Å². The summed E-state index contributed by atoms with van der Waals surface area (Å²) in [6.45, 7) is 1.23. The SMILES string of the molecule is N#CCC1(n2cc(-c3ncnc4[nH]ccc34)cn2)CN([C@H]2CC[C@@H](Oc3cc(CN)nc(C(F)(F)F)n3)CC2)C1. The lowest BCUT2D eigenvalue weighted by Crippen LogP contribution is -2.65. The van der Waals surface area contributed by atoms with Gasteiger partial charge in [0.2, 0.25) is 11.7 Å². The number of hydrogen-bond donors (Lipinski definition) is 2. The zero-order valence-corrected chi connectivity index (χ0v) is 21.5. The molecule has 1 aliphatic carbocycles. The minimum Gasteiger partial charge on any atom is -0.474 e. The second-order valence-corrected chi connectivity index (χ2v) is 10.4. The van der Waals surface area contributed by atoms with Crippen LogP contribution in [0.4, 0.5) is 13.2 Å². The standard InChI is InChI=1S/C26H27F3N10O/c27-26(28,29)24-36-17(10-31)9-21(37-24)40-19-3-1-18(2-4-19)38-13-25(14-38,6-7-30)39-12-16(11-35-39)22-20-5-8-32-23(20)34-15-33-22/h5,8-9,11-12,15,18-19H,1-4,6,10,13-14,31H2,(H,32,33,34)/t18-,19+. The van der Waals surface area contributed by atoms with Gasteiger partial charge in [-0.15, -0.1) is 0 Å². The molecule has 0 spiro atoms. The van der Waals surface area contributed by atoms with Crippen LogP contribution in [0.15, 0.2) is 37.1 Å². The summed E-state index contributed by atoms with van der Waals surface area (Å²) in [7, 11) is 0. The summed E-state index contributed by atoms with van der Waals surface area (Å²) in [5, 5.41) is 15.1. The fourth-order valence-electron chi connectivity index (χ4n) is 5.72. The molecular formula is C26H27F3N10O. The van der Waals surface area contributed by atoms with Crippen LogP contribution >= 0.6 is 0 Å². The number of hydrogen-bond acceptors (Lipinski definition) is 9. The van der Waals surface area contributed by atoms with Crippen molar-refractivity contribution in [3.63, 3.8) is 0 Å². The highest BCUT2D eigenvalue weighted by Gasteiger charge is 2.48. The van der Waals surface area contributed by atoms with Gasteiger partial charge in [0.05, 0.1) is 30.1 Å². The molecule has 1 aliphatic heterocycles. The van der Waals surface area contributed by atoms with Crippen LogP contribution in [0, 0.1) is 11.3 Å². The molecule has 3 N–H and O–H groups in total. The maximum Gasteiger partial charge on any atom is 0.451 e. The number of nitrogens with one attached hydrogen (secondary N) is 1. The number of fused-ring (bicyclic) bond motifs is 1. The zero-order chi connectivity index (χ0) is 27.9. The van der Waals surface area contributed by atoms with Gasteiger partial charge in [-0.05, 0) is 31.7 Å². The Morgan fingerprint density at radius 3 is 2.70 bits per heavy atom. The minimum absolute atomic E-state index is 0.0828. The summed E-state index contributed by atoms with van der Waals surface area (Å²) in [6.07, 6.45) is 5.47. The monoisotopic (exact) mass is 552 g/mol. The first kappa shape index (κ1) is 26.1. The summed E-state index contributed by atoms with van der Waals surface area (Å²) in [5.74, 6) is -1.34. The normalized spacial score (nSPS) is 21.2. The van der Waals surface area contributed by atoms with Crippen molar-refractivity contribution in [1.82, 2.24) is 39.6 Å². The maximum atomic E-state index is 13.2. The Bertz CT molecular complexity index is 1540. The Morgan fingerprint density at radius 1 is 1.18 bits per heavy atom. The van der Waals surface area contributed by atoms with E-state index in [-0.39, 0.29) is 24.2 Å². The number of likely N-dealkylation sites (tertiary alicyclic amines) is 1. The van der Waals surface area contributed by atoms with Crippen molar-refractivity contribution >= 4 is 11.0 Å². The van der Waals surface area contributed by atoms with E-state index < -0.39 is 17.5 Å². The molecule has 0 unspecified atom stereocenters. The van der Waals surface area contributed by atoms with E-state index in [0.717, 1.165) is 35.1 Å². The highest BCUT2D eigenvalue weighted by Crippen LogP contribution is 2.39. The Labute approximate surface area is 227 Å². The third kappa shape index (κ3) is 4.86. The number of nitrogens with two attached hydrogens (primary N) is 1. The Hall–Kier alpha value is -4.09. The Morgan fingerprint density at radius 2 is 1.98 bits per heavy atom. The van der Waals surface area contributed by atoms with Crippen LogP contribution in [0.3, 0.4) is 0 Å². The van der Waals surface area contributed by atoms with Crippen LogP contribution in [0.2, 0.25) is 0 Å². The zero-order valence-electron chi connectivity index (χ0n) is 21.5. The van der Waals surface area contributed by atoms with E-state index >= 15 is 0 Å². The van der Waals surface area contributed by atoms with E-state index in [1.807, 2.05) is 23.1 Å². The van der Waals surface area contributed by atoms with E-state index in [2.05, 4.69) is 41.0 Å². The average Bonchev–Trinajstić information content (AvgIpc) is 3.61. The predicted molar refractivity (Wildman–Crippen MR) is 136 cm³/mol. The average molecular weight is 553 g/mol. The van der Waals surface area contributed by atoms with Crippen molar-refractivity contribution < 1.29 is 17.9 Å². The second-order valence-electron chi connectivity index (χ2n) is 10.4. The number of H-pyrrole nitrogens is 1. The molecule has 0 atom stereocenters. The number of nitrogens with zero attached hydrogens (tertiary/aromatic N) is 8.